The van der Waals surface area contributed by atoms with Crippen LogP contribution in [0.2, 0.25) is 0 Å². The van der Waals surface area contributed by atoms with Gasteiger partial charge in [-0.15, -0.1) is 0 Å². The fraction of sp³-hybridized carbons (Fsp3) is 0.733. The SMILES string of the molecule is O=C(N[C@@H]1CCc2nccn2C1)[C@H]1CCCC[C@@H]1C(F)(F)F. The number of aromatic nitrogens is 2. The van der Waals surface area contributed by atoms with Gasteiger partial charge in [0.2, 0.25) is 5.91 Å². The van der Waals surface area contributed by atoms with Crippen molar-refractivity contribution in [2.75, 3.05) is 0 Å². The summed E-state index contributed by atoms with van der Waals surface area (Å²) in [5, 5.41) is 2.83. The van der Waals surface area contributed by atoms with E-state index >= 15 is 0 Å². The number of carbonyl (C=O) groups excluding carboxylic acids is 1. The van der Waals surface area contributed by atoms with E-state index in [0.29, 0.717) is 25.8 Å². The number of aryl methyl sites for hydroxylation is 1. The second-order valence-corrected chi connectivity index (χ2v) is 6.28. The number of imidazole rings is 1. The van der Waals surface area contributed by atoms with Crippen molar-refractivity contribution in [2.45, 2.75) is 57.3 Å². The Morgan fingerprint density at radius 2 is 2.05 bits per heavy atom. The summed E-state index contributed by atoms with van der Waals surface area (Å²) in [7, 11) is 0. The van der Waals surface area contributed by atoms with Crippen molar-refractivity contribution >= 4 is 5.91 Å². The van der Waals surface area contributed by atoms with Crippen molar-refractivity contribution in [1.82, 2.24) is 14.9 Å². The Morgan fingerprint density at radius 3 is 2.82 bits per heavy atom. The van der Waals surface area contributed by atoms with Crippen molar-refractivity contribution in [2.24, 2.45) is 11.8 Å². The molecular formula is C15H20F3N3O. The van der Waals surface area contributed by atoms with Crippen LogP contribution in [0.5, 0.6) is 0 Å². The Hall–Kier alpha value is -1.53. The Balaban J connectivity index is 1.64. The normalized spacial score (nSPS) is 29.0. The molecule has 122 valence electrons. The van der Waals surface area contributed by atoms with Crippen LogP contribution in [0, 0.1) is 11.8 Å². The lowest BCUT2D eigenvalue weighted by atomic mass is 9.78. The zero-order chi connectivity index (χ0) is 15.7. The summed E-state index contributed by atoms with van der Waals surface area (Å²) in [5.41, 5.74) is 0. The fourth-order valence-electron chi connectivity index (χ4n) is 3.63. The van der Waals surface area contributed by atoms with E-state index in [2.05, 4.69) is 10.3 Å². The molecule has 1 N–H and O–H groups in total. The summed E-state index contributed by atoms with van der Waals surface area (Å²) in [6.45, 7) is 0.588. The van der Waals surface area contributed by atoms with Crippen molar-refractivity contribution in [1.29, 1.82) is 0 Å². The second kappa shape index (κ2) is 5.93. The molecule has 0 aromatic carbocycles. The van der Waals surface area contributed by atoms with E-state index in [0.717, 1.165) is 18.7 Å². The lowest BCUT2D eigenvalue weighted by Gasteiger charge is -2.34. The van der Waals surface area contributed by atoms with E-state index in [1.165, 1.54) is 0 Å². The molecule has 0 radical (unpaired) electrons. The number of rotatable bonds is 2. The van der Waals surface area contributed by atoms with E-state index in [9.17, 15) is 18.0 Å². The Labute approximate surface area is 127 Å². The molecule has 1 amide bonds. The largest absolute Gasteiger partial charge is 0.392 e. The van der Waals surface area contributed by atoms with Gasteiger partial charge in [-0.25, -0.2) is 4.98 Å². The number of alkyl halides is 3. The first-order valence-electron chi connectivity index (χ1n) is 7.82. The molecule has 0 bridgehead atoms. The number of halogens is 3. The highest BCUT2D eigenvalue weighted by Crippen LogP contribution is 2.41. The van der Waals surface area contributed by atoms with Crippen LogP contribution in [0.1, 0.15) is 37.9 Å². The van der Waals surface area contributed by atoms with Crippen LogP contribution in [0.3, 0.4) is 0 Å². The van der Waals surface area contributed by atoms with Gasteiger partial charge in [0.25, 0.3) is 0 Å². The minimum atomic E-state index is -4.29. The molecule has 1 aromatic rings. The van der Waals surface area contributed by atoms with E-state index in [4.69, 9.17) is 0 Å². The fourth-order valence-corrected chi connectivity index (χ4v) is 3.63. The molecule has 2 aliphatic rings. The molecule has 2 heterocycles. The first-order valence-corrected chi connectivity index (χ1v) is 7.82. The first-order chi connectivity index (χ1) is 10.4. The van der Waals surface area contributed by atoms with Crippen LogP contribution < -0.4 is 5.32 Å². The first kappa shape index (κ1) is 15.4. The number of hydrogen-bond donors (Lipinski definition) is 1. The summed E-state index contributed by atoms with van der Waals surface area (Å²) in [6, 6.07) is -0.106. The van der Waals surface area contributed by atoms with Crippen LogP contribution in [-0.2, 0) is 17.8 Å². The number of nitrogens with one attached hydrogen (secondary N) is 1. The molecule has 3 rings (SSSR count). The molecule has 0 saturated heterocycles. The highest BCUT2D eigenvalue weighted by Gasteiger charge is 2.48. The van der Waals surface area contributed by atoms with Gasteiger partial charge in [-0.2, -0.15) is 13.2 Å². The standard InChI is InChI=1S/C15H20F3N3O/c16-15(17,18)12-4-2-1-3-11(12)14(22)20-10-5-6-13-19-7-8-21(13)9-10/h7-8,10-12H,1-6,9H2,(H,20,22)/t10-,11+,12+/m1/s1. The number of amides is 1. The van der Waals surface area contributed by atoms with Gasteiger partial charge in [0, 0.05) is 37.3 Å². The Bertz CT molecular complexity index is 540. The van der Waals surface area contributed by atoms with Crippen molar-refractivity contribution in [3.05, 3.63) is 18.2 Å². The lowest BCUT2D eigenvalue weighted by Crippen LogP contribution is -2.48. The molecule has 0 unspecified atom stereocenters. The topological polar surface area (TPSA) is 46.9 Å². The molecule has 4 nitrogen and oxygen atoms in total. The minimum absolute atomic E-state index is 0.0674. The average Bonchev–Trinajstić information content (AvgIpc) is 2.94. The van der Waals surface area contributed by atoms with Crippen LogP contribution in [0.25, 0.3) is 0 Å². The molecule has 3 atom stereocenters. The summed E-state index contributed by atoms with van der Waals surface area (Å²) < 4.78 is 41.2. The maximum Gasteiger partial charge on any atom is 0.392 e. The molecule has 7 heteroatoms. The van der Waals surface area contributed by atoms with Crippen molar-refractivity contribution < 1.29 is 18.0 Å². The lowest BCUT2D eigenvalue weighted by molar-refractivity contribution is -0.198. The molecule has 1 saturated carbocycles. The summed E-state index contributed by atoms with van der Waals surface area (Å²) >= 11 is 0. The highest BCUT2D eigenvalue weighted by molar-refractivity contribution is 5.79. The van der Waals surface area contributed by atoms with E-state index < -0.39 is 23.9 Å². The van der Waals surface area contributed by atoms with Gasteiger partial charge in [-0.05, 0) is 19.3 Å². The van der Waals surface area contributed by atoms with Crippen LogP contribution in [0.15, 0.2) is 12.4 Å². The molecular weight excluding hydrogens is 295 g/mol. The smallest absolute Gasteiger partial charge is 0.351 e. The third-order valence-electron chi connectivity index (χ3n) is 4.80. The Morgan fingerprint density at radius 1 is 1.27 bits per heavy atom. The quantitative estimate of drug-likeness (QED) is 0.912. The predicted molar refractivity (Wildman–Crippen MR) is 74.0 cm³/mol. The molecule has 1 fully saturated rings. The van der Waals surface area contributed by atoms with Gasteiger partial charge in [-0.1, -0.05) is 12.8 Å². The molecule has 1 aliphatic carbocycles. The predicted octanol–water partition coefficient (Wildman–Crippen LogP) is 2.68. The van der Waals surface area contributed by atoms with Crippen LogP contribution in [-0.4, -0.2) is 27.7 Å². The third kappa shape index (κ3) is 3.13. The molecule has 1 aliphatic heterocycles. The summed E-state index contributed by atoms with van der Waals surface area (Å²) in [4.78, 5) is 16.5. The highest BCUT2D eigenvalue weighted by atomic mass is 19.4. The molecule has 22 heavy (non-hydrogen) atoms. The zero-order valence-corrected chi connectivity index (χ0v) is 12.3. The Kier molecular flexibility index (Phi) is 4.14. The van der Waals surface area contributed by atoms with Gasteiger partial charge in [0.1, 0.15) is 5.82 Å². The van der Waals surface area contributed by atoms with E-state index in [1.807, 2.05) is 10.8 Å². The zero-order valence-electron chi connectivity index (χ0n) is 12.3. The van der Waals surface area contributed by atoms with Gasteiger partial charge in [0.05, 0.1) is 5.92 Å². The summed E-state index contributed by atoms with van der Waals surface area (Å²) in [6.07, 6.45) is 2.38. The minimum Gasteiger partial charge on any atom is -0.351 e. The van der Waals surface area contributed by atoms with E-state index in [-0.39, 0.29) is 12.5 Å². The van der Waals surface area contributed by atoms with Crippen LogP contribution in [0.4, 0.5) is 13.2 Å². The third-order valence-corrected chi connectivity index (χ3v) is 4.80. The van der Waals surface area contributed by atoms with Gasteiger partial charge in [0.15, 0.2) is 0 Å². The van der Waals surface area contributed by atoms with Gasteiger partial charge < -0.3 is 9.88 Å². The van der Waals surface area contributed by atoms with Crippen molar-refractivity contribution in [3.8, 4) is 0 Å². The average molecular weight is 315 g/mol. The monoisotopic (exact) mass is 315 g/mol. The number of nitrogens with zero attached hydrogens (tertiary/aromatic N) is 2. The van der Waals surface area contributed by atoms with Gasteiger partial charge >= 0.3 is 6.18 Å². The second-order valence-electron chi connectivity index (χ2n) is 6.28. The van der Waals surface area contributed by atoms with Crippen molar-refractivity contribution in [3.63, 3.8) is 0 Å². The van der Waals surface area contributed by atoms with E-state index in [1.54, 1.807) is 6.20 Å². The molecule has 0 spiro atoms. The number of fused-ring (bicyclic) bond motifs is 1. The number of carbonyl (C=O) groups is 1. The maximum absolute atomic E-state index is 13.1. The number of hydrogen-bond acceptors (Lipinski definition) is 2. The van der Waals surface area contributed by atoms with Gasteiger partial charge in [-0.3, -0.25) is 4.79 Å². The summed E-state index contributed by atoms with van der Waals surface area (Å²) in [5.74, 6) is -1.89. The maximum atomic E-state index is 13.1. The molecule has 1 aromatic heterocycles. The van der Waals surface area contributed by atoms with Crippen LogP contribution >= 0.6 is 0 Å².